The lowest BCUT2D eigenvalue weighted by atomic mass is 9.96. The highest BCUT2D eigenvalue weighted by atomic mass is 127. The van der Waals surface area contributed by atoms with Gasteiger partial charge in [-0.3, -0.25) is 4.99 Å². The Bertz CT molecular complexity index is 509. The maximum Gasteiger partial charge on any atom is 0.193 e. The largest absolute Gasteiger partial charge is 0.370 e. The molecule has 0 aliphatic carbocycles. The van der Waals surface area contributed by atoms with Crippen molar-refractivity contribution in [2.75, 3.05) is 11.9 Å². The summed E-state index contributed by atoms with van der Waals surface area (Å²) in [4.78, 5) is 3.90. The number of benzene rings is 1. The molecule has 0 atom stereocenters. The first kappa shape index (κ1) is 17.6. The minimum atomic E-state index is -0.660. The van der Waals surface area contributed by atoms with Crippen molar-refractivity contribution in [3.63, 3.8) is 0 Å². The van der Waals surface area contributed by atoms with Gasteiger partial charge in [0.1, 0.15) is 11.6 Å². The molecule has 0 amide bonds. The number of anilines is 1. The average molecular weight is 380 g/mol. The first-order valence-electron chi connectivity index (χ1n) is 5.27. The van der Waals surface area contributed by atoms with E-state index in [-0.39, 0.29) is 42.2 Å². The van der Waals surface area contributed by atoms with Crippen LogP contribution in [0.15, 0.2) is 23.2 Å². The van der Waals surface area contributed by atoms with Crippen LogP contribution in [0.5, 0.6) is 0 Å². The van der Waals surface area contributed by atoms with Crippen molar-refractivity contribution in [1.82, 2.24) is 0 Å². The van der Waals surface area contributed by atoms with Crippen LogP contribution in [0.25, 0.3) is 0 Å². The molecule has 0 unspecified atom stereocenters. The molecule has 0 aromatic heterocycles. The molecule has 0 aliphatic heterocycles. The van der Waals surface area contributed by atoms with Crippen LogP contribution in [-0.2, 0) is 0 Å². The predicted octanol–water partition coefficient (Wildman–Crippen LogP) is 2.86. The molecule has 0 fully saturated rings. The summed E-state index contributed by atoms with van der Waals surface area (Å²) in [7, 11) is 0. The van der Waals surface area contributed by atoms with Crippen LogP contribution >= 0.6 is 24.0 Å². The highest BCUT2D eigenvalue weighted by molar-refractivity contribution is 14.0. The standard InChI is InChI=1S/C12H14F2N4.HI/c1-12(2,6-15)7-17-11(16)18-10-5-8(13)3-4-9(10)14;/h3-5H,7H2,1-2H3,(H3,16,17,18);1H. The minimum Gasteiger partial charge on any atom is -0.370 e. The van der Waals surface area contributed by atoms with Gasteiger partial charge in [0, 0.05) is 6.07 Å². The molecular weight excluding hydrogens is 365 g/mol. The topological polar surface area (TPSA) is 74.2 Å². The van der Waals surface area contributed by atoms with Gasteiger partial charge in [0.2, 0.25) is 0 Å². The number of aliphatic imine (C=N–C) groups is 1. The maximum absolute atomic E-state index is 13.3. The van der Waals surface area contributed by atoms with Gasteiger partial charge in [-0.05, 0) is 26.0 Å². The molecule has 0 heterocycles. The third-order valence-electron chi connectivity index (χ3n) is 2.14. The third-order valence-corrected chi connectivity index (χ3v) is 2.14. The molecule has 0 bridgehead atoms. The Balaban J connectivity index is 0.00000324. The second kappa shape index (κ2) is 7.23. The summed E-state index contributed by atoms with van der Waals surface area (Å²) in [6.07, 6.45) is 0. The second-order valence-electron chi connectivity index (χ2n) is 4.45. The van der Waals surface area contributed by atoms with Gasteiger partial charge in [-0.2, -0.15) is 5.26 Å². The number of nitrogens with one attached hydrogen (secondary N) is 1. The van der Waals surface area contributed by atoms with E-state index in [0.29, 0.717) is 0 Å². The number of halogens is 3. The van der Waals surface area contributed by atoms with Crippen molar-refractivity contribution >= 4 is 35.6 Å². The van der Waals surface area contributed by atoms with Gasteiger partial charge < -0.3 is 11.1 Å². The van der Waals surface area contributed by atoms with E-state index in [2.05, 4.69) is 16.4 Å². The second-order valence-corrected chi connectivity index (χ2v) is 4.45. The lowest BCUT2D eigenvalue weighted by molar-refractivity contribution is 0.512. The van der Waals surface area contributed by atoms with E-state index in [0.717, 1.165) is 18.2 Å². The van der Waals surface area contributed by atoms with Crippen molar-refractivity contribution < 1.29 is 8.78 Å². The van der Waals surface area contributed by atoms with E-state index in [1.54, 1.807) is 13.8 Å². The fourth-order valence-electron chi connectivity index (χ4n) is 1.09. The molecule has 1 aromatic rings. The Morgan fingerprint density at radius 1 is 1.47 bits per heavy atom. The number of nitrogens with two attached hydrogens (primary N) is 1. The van der Waals surface area contributed by atoms with Gasteiger partial charge in [0.15, 0.2) is 5.96 Å². The number of hydrogen-bond acceptors (Lipinski definition) is 2. The zero-order valence-corrected chi connectivity index (χ0v) is 12.9. The number of rotatable bonds is 3. The van der Waals surface area contributed by atoms with E-state index >= 15 is 0 Å². The Kier molecular flexibility index (Phi) is 6.69. The first-order valence-corrected chi connectivity index (χ1v) is 5.27. The molecule has 3 N–H and O–H groups in total. The quantitative estimate of drug-likeness (QED) is 0.481. The van der Waals surface area contributed by atoms with E-state index in [1.165, 1.54) is 0 Å². The zero-order valence-electron chi connectivity index (χ0n) is 10.6. The van der Waals surface area contributed by atoms with Crippen molar-refractivity contribution in [2.45, 2.75) is 13.8 Å². The molecule has 0 saturated carbocycles. The fraction of sp³-hybridized carbons (Fsp3) is 0.333. The van der Waals surface area contributed by atoms with Crippen molar-refractivity contribution in [3.8, 4) is 6.07 Å². The first-order chi connectivity index (χ1) is 8.34. The van der Waals surface area contributed by atoms with E-state index in [4.69, 9.17) is 11.0 Å². The van der Waals surface area contributed by atoms with Crippen LogP contribution in [0.4, 0.5) is 14.5 Å². The number of nitrogens with zero attached hydrogens (tertiary/aromatic N) is 2. The van der Waals surface area contributed by atoms with Crippen molar-refractivity contribution in [1.29, 1.82) is 5.26 Å². The summed E-state index contributed by atoms with van der Waals surface area (Å²) in [5, 5.41) is 11.2. The van der Waals surface area contributed by atoms with Gasteiger partial charge in [-0.15, -0.1) is 24.0 Å². The van der Waals surface area contributed by atoms with Gasteiger partial charge >= 0.3 is 0 Å². The molecule has 1 rings (SSSR count). The minimum absolute atomic E-state index is 0. The molecule has 0 aliphatic rings. The molecular formula is C12H15F2IN4. The number of guanidine groups is 1. The number of nitriles is 1. The Morgan fingerprint density at radius 2 is 2.11 bits per heavy atom. The highest BCUT2D eigenvalue weighted by Gasteiger charge is 2.15. The normalized spacial score (nSPS) is 11.4. The SMILES string of the molecule is CC(C)(C#N)CN=C(N)Nc1cc(F)ccc1F.I. The average Bonchev–Trinajstić information content (AvgIpc) is 2.31. The van der Waals surface area contributed by atoms with Gasteiger partial charge in [0.05, 0.1) is 23.7 Å². The van der Waals surface area contributed by atoms with Crippen molar-refractivity contribution in [3.05, 3.63) is 29.8 Å². The molecule has 7 heteroatoms. The van der Waals surface area contributed by atoms with Crippen LogP contribution in [0, 0.1) is 28.4 Å². The smallest absolute Gasteiger partial charge is 0.193 e. The monoisotopic (exact) mass is 380 g/mol. The summed E-state index contributed by atoms with van der Waals surface area (Å²) in [6.45, 7) is 3.57. The Labute approximate surface area is 127 Å². The summed E-state index contributed by atoms with van der Waals surface area (Å²) < 4.78 is 26.2. The fourth-order valence-corrected chi connectivity index (χ4v) is 1.09. The summed E-state index contributed by atoms with van der Waals surface area (Å²) in [5.74, 6) is -1.28. The number of hydrogen-bond donors (Lipinski definition) is 2. The van der Waals surface area contributed by atoms with E-state index < -0.39 is 17.0 Å². The molecule has 0 radical (unpaired) electrons. The molecule has 0 spiro atoms. The molecule has 1 aromatic carbocycles. The highest BCUT2D eigenvalue weighted by Crippen LogP contribution is 2.16. The summed E-state index contributed by atoms with van der Waals surface area (Å²) >= 11 is 0. The zero-order chi connectivity index (χ0) is 13.8. The van der Waals surface area contributed by atoms with Crippen LogP contribution in [0.2, 0.25) is 0 Å². The van der Waals surface area contributed by atoms with E-state index in [1.807, 2.05) is 0 Å². The predicted molar refractivity (Wildman–Crippen MR) is 81.3 cm³/mol. The molecule has 0 saturated heterocycles. The lowest BCUT2D eigenvalue weighted by Gasteiger charge is -2.12. The lowest BCUT2D eigenvalue weighted by Crippen LogP contribution is -2.25. The van der Waals surface area contributed by atoms with Gasteiger partial charge in [-0.1, -0.05) is 0 Å². The van der Waals surface area contributed by atoms with Gasteiger partial charge in [0.25, 0.3) is 0 Å². The summed E-state index contributed by atoms with van der Waals surface area (Å²) in [5.41, 5.74) is 4.78. The maximum atomic E-state index is 13.3. The van der Waals surface area contributed by atoms with Crippen LogP contribution in [0.3, 0.4) is 0 Å². The van der Waals surface area contributed by atoms with Crippen molar-refractivity contribution in [2.24, 2.45) is 16.1 Å². The van der Waals surface area contributed by atoms with Crippen LogP contribution in [0.1, 0.15) is 13.8 Å². The van der Waals surface area contributed by atoms with Gasteiger partial charge in [-0.25, -0.2) is 8.78 Å². The van der Waals surface area contributed by atoms with Crippen LogP contribution in [-0.4, -0.2) is 12.5 Å². The van der Waals surface area contributed by atoms with Crippen LogP contribution < -0.4 is 11.1 Å². The Morgan fingerprint density at radius 3 is 2.68 bits per heavy atom. The summed E-state index contributed by atoms with van der Waals surface area (Å²) in [6, 6.07) is 5.03. The molecule has 104 valence electrons. The Hall–Kier alpha value is -1.43. The molecule has 19 heavy (non-hydrogen) atoms. The molecule has 4 nitrogen and oxygen atoms in total. The van der Waals surface area contributed by atoms with E-state index in [9.17, 15) is 8.78 Å². The third kappa shape index (κ3) is 5.83.